The SMILES string of the molecule is O=C(CC12CC3CC(CC(C3)C1)C2)NC[C@H]1COc2ccccc2O1. The summed E-state index contributed by atoms with van der Waals surface area (Å²) in [4.78, 5) is 12.6. The minimum absolute atomic E-state index is 0.102. The van der Waals surface area contributed by atoms with Gasteiger partial charge in [-0.05, 0) is 73.8 Å². The molecule has 0 saturated heterocycles. The minimum atomic E-state index is -0.102. The summed E-state index contributed by atoms with van der Waals surface area (Å²) in [5.41, 5.74) is 0.301. The quantitative estimate of drug-likeness (QED) is 0.911. The van der Waals surface area contributed by atoms with Crippen LogP contribution in [0.3, 0.4) is 0 Å². The molecule has 0 unspecified atom stereocenters. The number of fused-ring (bicyclic) bond motifs is 1. The monoisotopic (exact) mass is 341 g/mol. The van der Waals surface area contributed by atoms with Gasteiger partial charge >= 0.3 is 0 Å². The third-order valence-electron chi connectivity index (χ3n) is 6.80. The van der Waals surface area contributed by atoms with Crippen molar-refractivity contribution in [2.75, 3.05) is 13.2 Å². The maximum Gasteiger partial charge on any atom is 0.220 e. The van der Waals surface area contributed by atoms with Gasteiger partial charge in [-0.25, -0.2) is 0 Å². The van der Waals surface area contributed by atoms with Gasteiger partial charge in [-0.1, -0.05) is 12.1 Å². The van der Waals surface area contributed by atoms with Crippen molar-refractivity contribution in [3.05, 3.63) is 24.3 Å². The molecule has 0 aromatic heterocycles. The smallest absolute Gasteiger partial charge is 0.220 e. The maximum atomic E-state index is 12.6. The van der Waals surface area contributed by atoms with E-state index in [0.717, 1.165) is 29.3 Å². The standard InChI is InChI=1S/C21H27NO3/c23-20(11-21-8-14-5-15(9-21)7-16(6-14)10-21)22-12-17-13-24-18-3-1-2-4-19(18)25-17/h1-4,14-17H,5-13H2,(H,22,23)/t14?,15?,16?,17-,21?/m0/s1. The van der Waals surface area contributed by atoms with Crippen LogP contribution in [-0.4, -0.2) is 25.2 Å². The molecule has 5 aliphatic rings. The molecule has 1 heterocycles. The largest absolute Gasteiger partial charge is 0.486 e. The molecule has 25 heavy (non-hydrogen) atoms. The third-order valence-corrected chi connectivity index (χ3v) is 6.80. The first-order valence-corrected chi connectivity index (χ1v) is 9.83. The molecule has 4 aliphatic carbocycles. The summed E-state index contributed by atoms with van der Waals surface area (Å²) in [6.45, 7) is 1.02. The van der Waals surface area contributed by atoms with Crippen molar-refractivity contribution in [1.82, 2.24) is 5.32 Å². The second-order valence-corrected chi connectivity index (χ2v) is 8.90. The normalized spacial score (nSPS) is 37.8. The number of hydrogen-bond donors (Lipinski definition) is 1. The number of amides is 1. The fraction of sp³-hybridized carbons (Fsp3) is 0.667. The average Bonchev–Trinajstić information content (AvgIpc) is 2.58. The lowest BCUT2D eigenvalue weighted by atomic mass is 9.49. The van der Waals surface area contributed by atoms with E-state index >= 15 is 0 Å². The van der Waals surface area contributed by atoms with E-state index in [1.807, 2.05) is 24.3 Å². The lowest BCUT2D eigenvalue weighted by Gasteiger charge is -2.56. The summed E-state index contributed by atoms with van der Waals surface area (Å²) in [6.07, 6.45) is 8.72. The van der Waals surface area contributed by atoms with Crippen molar-refractivity contribution >= 4 is 5.91 Å². The molecule has 4 bridgehead atoms. The van der Waals surface area contributed by atoms with E-state index < -0.39 is 0 Å². The summed E-state index contributed by atoms with van der Waals surface area (Å²) < 4.78 is 11.7. The first kappa shape index (κ1) is 15.5. The Hall–Kier alpha value is -1.71. The summed E-state index contributed by atoms with van der Waals surface area (Å²) >= 11 is 0. The minimum Gasteiger partial charge on any atom is -0.486 e. The zero-order chi connectivity index (χ0) is 16.9. The fourth-order valence-corrected chi connectivity index (χ4v) is 6.30. The van der Waals surface area contributed by atoms with E-state index in [1.54, 1.807) is 0 Å². The Balaban J connectivity index is 1.16. The molecule has 1 aromatic rings. The van der Waals surface area contributed by atoms with E-state index in [9.17, 15) is 4.79 Å². The first-order chi connectivity index (χ1) is 12.2. The lowest BCUT2D eigenvalue weighted by Crippen LogP contribution is -2.49. The molecule has 1 aliphatic heterocycles. The van der Waals surface area contributed by atoms with Crippen LogP contribution in [0, 0.1) is 23.2 Å². The Labute approximate surface area is 149 Å². The Morgan fingerprint density at radius 3 is 2.36 bits per heavy atom. The Morgan fingerprint density at radius 2 is 1.68 bits per heavy atom. The molecule has 1 amide bonds. The van der Waals surface area contributed by atoms with Crippen LogP contribution >= 0.6 is 0 Å². The van der Waals surface area contributed by atoms with Crippen molar-refractivity contribution in [1.29, 1.82) is 0 Å². The van der Waals surface area contributed by atoms with Gasteiger partial charge in [-0.3, -0.25) is 4.79 Å². The van der Waals surface area contributed by atoms with Crippen LogP contribution in [0.5, 0.6) is 11.5 Å². The van der Waals surface area contributed by atoms with Crippen LogP contribution < -0.4 is 14.8 Å². The molecule has 134 valence electrons. The molecule has 1 N–H and O–H groups in total. The van der Waals surface area contributed by atoms with Gasteiger partial charge in [0.25, 0.3) is 0 Å². The fourth-order valence-electron chi connectivity index (χ4n) is 6.30. The molecule has 4 saturated carbocycles. The van der Waals surface area contributed by atoms with Crippen molar-refractivity contribution in [3.8, 4) is 11.5 Å². The topological polar surface area (TPSA) is 47.6 Å². The number of para-hydroxylation sites is 2. The molecule has 1 aromatic carbocycles. The molecule has 6 rings (SSSR count). The highest BCUT2D eigenvalue weighted by molar-refractivity contribution is 5.76. The number of benzene rings is 1. The zero-order valence-electron chi connectivity index (χ0n) is 14.7. The molecule has 1 atom stereocenters. The number of rotatable bonds is 4. The summed E-state index contributed by atoms with van der Waals surface area (Å²) in [6, 6.07) is 7.71. The summed E-state index contributed by atoms with van der Waals surface area (Å²) in [5, 5.41) is 3.11. The van der Waals surface area contributed by atoms with Gasteiger partial charge in [0.15, 0.2) is 11.5 Å². The van der Waals surface area contributed by atoms with Crippen LogP contribution in [0.4, 0.5) is 0 Å². The molecule has 0 radical (unpaired) electrons. The summed E-state index contributed by atoms with van der Waals surface area (Å²) in [7, 11) is 0. The van der Waals surface area contributed by atoms with Crippen LogP contribution in [0.1, 0.15) is 44.9 Å². The summed E-state index contributed by atoms with van der Waals surface area (Å²) in [5.74, 6) is 4.44. The number of carbonyl (C=O) groups is 1. The number of hydrogen-bond acceptors (Lipinski definition) is 3. The number of nitrogens with one attached hydrogen (secondary N) is 1. The van der Waals surface area contributed by atoms with Crippen LogP contribution in [-0.2, 0) is 4.79 Å². The Morgan fingerprint density at radius 1 is 1.04 bits per heavy atom. The highest BCUT2D eigenvalue weighted by Crippen LogP contribution is 2.61. The van der Waals surface area contributed by atoms with Gasteiger partial charge in [0.05, 0.1) is 6.54 Å². The van der Waals surface area contributed by atoms with E-state index in [-0.39, 0.29) is 12.0 Å². The maximum absolute atomic E-state index is 12.6. The molecule has 4 fully saturated rings. The molecular weight excluding hydrogens is 314 g/mol. The molecule has 4 heteroatoms. The van der Waals surface area contributed by atoms with Crippen LogP contribution in [0.15, 0.2) is 24.3 Å². The molecule has 4 nitrogen and oxygen atoms in total. The molecule has 0 spiro atoms. The van der Waals surface area contributed by atoms with Crippen molar-refractivity contribution in [3.63, 3.8) is 0 Å². The Bertz CT molecular complexity index is 636. The van der Waals surface area contributed by atoms with E-state index in [0.29, 0.717) is 25.0 Å². The van der Waals surface area contributed by atoms with E-state index in [1.165, 1.54) is 38.5 Å². The van der Waals surface area contributed by atoms with Gasteiger partial charge < -0.3 is 14.8 Å². The van der Waals surface area contributed by atoms with Gasteiger partial charge in [0.2, 0.25) is 5.91 Å². The predicted molar refractivity (Wildman–Crippen MR) is 94.6 cm³/mol. The van der Waals surface area contributed by atoms with E-state index in [2.05, 4.69) is 5.32 Å². The van der Waals surface area contributed by atoms with Gasteiger partial charge in [-0.2, -0.15) is 0 Å². The second kappa shape index (κ2) is 5.93. The highest BCUT2D eigenvalue weighted by Gasteiger charge is 2.51. The number of ether oxygens (including phenoxy) is 2. The average molecular weight is 341 g/mol. The Kier molecular flexibility index (Phi) is 3.68. The van der Waals surface area contributed by atoms with Crippen LogP contribution in [0.25, 0.3) is 0 Å². The van der Waals surface area contributed by atoms with Crippen molar-refractivity contribution in [2.24, 2.45) is 23.2 Å². The van der Waals surface area contributed by atoms with Crippen LogP contribution in [0.2, 0.25) is 0 Å². The second-order valence-electron chi connectivity index (χ2n) is 8.90. The third kappa shape index (κ3) is 3.00. The molecular formula is C21H27NO3. The first-order valence-electron chi connectivity index (χ1n) is 9.83. The van der Waals surface area contributed by atoms with Gasteiger partial charge in [0, 0.05) is 6.42 Å². The predicted octanol–water partition coefficient (Wildman–Crippen LogP) is 3.55. The van der Waals surface area contributed by atoms with Crippen molar-refractivity contribution < 1.29 is 14.3 Å². The van der Waals surface area contributed by atoms with Gasteiger partial charge in [-0.15, -0.1) is 0 Å². The van der Waals surface area contributed by atoms with E-state index in [4.69, 9.17) is 9.47 Å². The van der Waals surface area contributed by atoms with Crippen molar-refractivity contribution in [2.45, 2.75) is 51.0 Å². The zero-order valence-corrected chi connectivity index (χ0v) is 14.7. The lowest BCUT2D eigenvalue weighted by molar-refractivity contribution is -0.129. The van der Waals surface area contributed by atoms with Gasteiger partial charge in [0.1, 0.15) is 12.7 Å². The highest BCUT2D eigenvalue weighted by atomic mass is 16.6. The number of carbonyl (C=O) groups excluding carboxylic acids is 1.